The summed E-state index contributed by atoms with van der Waals surface area (Å²) in [5.74, 6) is 1.66. The molecular formula is C13H8N4O2S. The van der Waals surface area contributed by atoms with Crippen LogP contribution in [0.15, 0.2) is 50.9 Å². The van der Waals surface area contributed by atoms with E-state index in [4.69, 9.17) is 8.94 Å². The lowest BCUT2D eigenvalue weighted by molar-refractivity contribution is 0.431. The second kappa shape index (κ2) is 4.46. The molecule has 0 saturated carbocycles. The molecule has 0 aliphatic carbocycles. The number of H-pyrrole nitrogens is 1. The fourth-order valence-electron chi connectivity index (χ4n) is 1.82. The second-order valence-corrected chi connectivity index (χ2v) is 4.99. The Bertz CT molecular complexity index is 744. The van der Waals surface area contributed by atoms with Crippen LogP contribution < -0.4 is 0 Å². The number of aromatic nitrogens is 4. The Kier molecular flexibility index (Phi) is 2.49. The summed E-state index contributed by atoms with van der Waals surface area (Å²) < 4.78 is 10.5. The van der Waals surface area contributed by atoms with Crippen LogP contribution in [0.5, 0.6) is 0 Å². The smallest absolute Gasteiger partial charge is 0.276 e. The van der Waals surface area contributed by atoms with Gasteiger partial charge in [-0.15, -0.1) is 11.3 Å². The molecule has 0 radical (unpaired) electrons. The van der Waals surface area contributed by atoms with Crippen LogP contribution in [0.4, 0.5) is 0 Å². The maximum absolute atomic E-state index is 5.29. The molecule has 0 saturated heterocycles. The second-order valence-electron chi connectivity index (χ2n) is 4.04. The van der Waals surface area contributed by atoms with Crippen molar-refractivity contribution in [1.82, 2.24) is 20.3 Å². The van der Waals surface area contributed by atoms with Crippen molar-refractivity contribution >= 4 is 11.3 Å². The predicted octanol–water partition coefficient (Wildman–Crippen LogP) is 3.45. The molecule has 0 spiro atoms. The maximum atomic E-state index is 5.29. The molecule has 0 amide bonds. The molecule has 4 rings (SSSR count). The molecule has 7 heteroatoms. The van der Waals surface area contributed by atoms with Crippen LogP contribution in [0.3, 0.4) is 0 Å². The predicted molar refractivity (Wildman–Crippen MR) is 72.9 cm³/mol. The normalized spacial score (nSPS) is 11.0. The van der Waals surface area contributed by atoms with E-state index >= 15 is 0 Å². The highest BCUT2D eigenvalue weighted by Gasteiger charge is 2.15. The first-order chi connectivity index (χ1) is 9.90. The van der Waals surface area contributed by atoms with E-state index in [2.05, 4.69) is 20.3 Å². The standard InChI is InChI=1S/C13H8N4O2S/c1-3-10(18-5-1)8-7-9(16-15-8)13-14-12(17-19-13)11-4-2-6-20-11/h1-7H,(H,15,16). The van der Waals surface area contributed by atoms with Crippen molar-refractivity contribution in [3.63, 3.8) is 0 Å². The van der Waals surface area contributed by atoms with Crippen molar-refractivity contribution in [2.45, 2.75) is 0 Å². The molecule has 20 heavy (non-hydrogen) atoms. The maximum Gasteiger partial charge on any atom is 0.276 e. The zero-order valence-corrected chi connectivity index (χ0v) is 10.9. The first-order valence-corrected chi connectivity index (χ1v) is 6.75. The number of rotatable bonds is 3. The summed E-state index contributed by atoms with van der Waals surface area (Å²) in [6.45, 7) is 0. The Morgan fingerprint density at radius 1 is 1.20 bits per heavy atom. The van der Waals surface area contributed by atoms with Gasteiger partial charge in [0.05, 0.1) is 11.1 Å². The number of thiophene rings is 1. The van der Waals surface area contributed by atoms with E-state index in [0.717, 1.165) is 4.88 Å². The first kappa shape index (κ1) is 11.2. The lowest BCUT2D eigenvalue weighted by atomic mass is 10.3. The number of hydrogen-bond acceptors (Lipinski definition) is 6. The Balaban J connectivity index is 1.68. The first-order valence-electron chi connectivity index (χ1n) is 5.87. The Morgan fingerprint density at radius 3 is 3.00 bits per heavy atom. The van der Waals surface area contributed by atoms with E-state index in [-0.39, 0.29) is 0 Å². The number of nitrogens with one attached hydrogen (secondary N) is 1. The summed E-state index contributed by atoms with van der Waals surface area (Å²) in [6, 6.07) is 9.35. The monoisotopic (exact) mass is 284 g/mol. The number of hydrogen-bond donors (Lipinski definition) is 1. The summed E-state index contributed by atoms with van der Waals surface area (Å²) in [5.41, 5.74) is 1.35. The largest absolute Gasteiger partial charge is 0.463 e. The molecule has 0 bridgehead atoms. The highest BCUT2D eigenvalue weighted by molar-refractivity contribution is 7.13. The van der Waals surface area contributed by atoms with Gasteiger partial charge in [-0.25, -0.2) is 0 Å². The molecule has 0 fully saturated rings. The summed E-state index contributed by atoms with van der Waals surface area (Å²) in [6.07, 6.45) is 1.60. The van der Waals surface area contributed by atoms with E-state index in [1.165, 1.54) is 0 Å². The average molecular weight is 284 g/mol. The minimum Gasteiger partial charge on any atom is -0.463 e. The lowest BCUT2D eigenvalue weighted by Gasteiger charge is -1.85. The zero-order chi connectivity index (χ0) is 13.4. The minimum absolute atomic E-state index is 0.402. The van der Waals surface area contributed by atoms with E-state index < -0.39 is 0 Å². The van der Waals surface area contributed by atoms with Gasteiger partial charge in [-0.1, -0.05) is 11.2 Å². The molecule has 98 valence electrons. The molecule has 0 unspecified atom stereocenters. The van der Waals surface area contributed by atoms with E-state index in [9.17, 15) is 0 Å². The van der Waals surface area contributed by atoms with E-state index in [1.54, 1.807) is 17.6 Å². The van der Waals surface area contributed by atoms with Gasteiger partial charge in [-0.3, -0.25) is 5.10 Å². The molecule has 0 aliphatic heterocycles. The number of furan rings is 1. The van der Waals surface area contributed by atoms with Crippen molar-refractivity contribution in [2.24, 2.45) is 0 Å². The van der Waals surface area contributed by atoms with E-state index in [0.29, 0.717) is 28.9 Å². The van der Waals surface area contributed by atoms with Crippen molar-refractivity contribution in [3.8, 4) is 33.7 Å². The van der Waals surface area contributed by atoms with Gasteiger partial charge >= 0.3 is 0 Å². The number of nitrogens with zero attached hydrogens (tertiary/aromatic N) is 3. The highest BCUT2D eigenvalue weighted by Crippen LogP contribution is 2.26. The third-order valence-electron chi connectivity index (χ3n) is 2.75. The molecule has 6 nitrogen and oxygen atoms in total. The lowest BCUT2D eigenvalue weighted by Crippen LogP contribution is -1.78. The topological polar surface area (TPSA) is 80.7 Å². The fraction of sp³-hybridized carbons (Fsp3) is 0. The average Bonchev–Trinajstić information content (AvgIpc) is 3.22. The van der Waals surface area contributed by atoms with Gasteiger partial charge in [0.2, 0.25) is 5.82 Å². The van der Waals surface area contributed by atoms with Crippen LogP contribution >= 0.6 is 11.3 Å². The van der Waals surface area contributed by atoms with Crippen LogP contribution in [-0.2, 0) is 0 Å². The molecule has 0 aliphatic rings. The number of aromatic amines is 1. The summed E-state index contributed by atoms with van der Waals surface area (Å²) in [7, 11) is 0. The van der Waals surface area contributed by atoms with Gasteiger partial charge < -0.3 is 8.94 Å². The Morgan fingerprint density at radius 2 is 2.20 bits per heavy atom. The van der Waals surface area contributed by atoms with Crippen LogP contribution in [0.25, 0.3) is 33.7 Å². The van der Waals surface area contributed by atoms with Crippen molar-refractivity contribution in [2.75, 3.05) is 0 Å². The third-order valence-corrected chi connectivity index (χ3v) is 3.62. The minimum atomic E-state index is 0.402. The van der Waals surface area contributed by atoms with Crippen LogP contribution in [0, 0.1) is 0 Å². The zero-order valence-electron chi connectivity index (χ0n) is 10.1. The highest BCUT2D eigenvalue weighted by atomic mass is 32.1. The van der Waals surface area contributed by atoms with Gasteiger partial charge in [0, 0.05) is 6.07 Å². The SMILES string of the molecule is c1coc(-c2cc(-c3nc(-c4cccs4)no3)[nH]n2)c1. The third kappa shape index (κ3) is 1.84. The van der Waals surface area contributed by atoms with Gasteiger partial charge in [-0.05, 0) is 23.6 Å². The molecule has 0 atom stereocenters. The van der Waals surface area contributed by atoms with Crippen molar-refractivity contribution in [3.05, 3.63) is 42.0 Å². The van der Waals surface area contributed by atoms with Crippen LogP contribution in [0.2, 0.25) is 0 Å². The van der Waals surface area contributed by atoms with Crippen molar-refractivity contribution < 1.29 is 8.94 Å². The van der Waals surface area contributed by atoms with Crippen molar-refractivity contribution in [1.29, 1.82) is 0 Å². The summed E-state index contributed by atoms with van der Waals surface area (Å²) >= 11 is 1.56. The quantitative estimate of drug-likeness (QED) is 0.623. The molecule has 4 aromatic rings. The molecule has 1 N–H and O–H groups in total. The van der Waals surface area contributed by atoms with Gasteiger partial charge in [0.15, 0.2) is 5.76 Å². The van der Waals surface area contributed by atoms with E-state index in [1.807, 2.05) is 35.7 Å². The summed E-state index contributed by atoms with van der Waals surface area (Å²) in [5, 5.41) is 13.0. The molecule has 4 heterocycles. The van der Waals surface area contributed by atoms with Gasteiger partial charge in [0.25, 0.3) is 5.89 Å². The van der Waals surface area contributed by atoms with Gasteiger partial charge in [0.1, 0.15) is 11.4 Å². The van der Waals surface area contributed by atoms with Gasteiger partial charge in [-0.2, -0.15) is 10.1 Å². The Hall–Kier alpha value is -2.67. The Labute approximate surface area is 117 Å². The molecular weight excluding hydrogens is 276 g/mol. The van der Waals surface area contributed by atoms with Crippen LogP contribution in [-0.4, -0.2) is 20.3 Å². The molecule has 4 aromatic heterocycles. The fourth-order valence-corrected chi connectivity index (χ4v) is 2.47. The molecule has 0 aromatic carbocycles. The summed E-state index contributed by atoms with van der Waals surface area (Å²) in [4.78, 5) is 5.31. The van der Waals surface area contributed by atoms with Crippen LogP contribution in [0.1, 0.15) is 0 Å².